The van der Waals surface area contributed by atoms with E-state index in [0.29, 0.717) is 49.7 Å². The van der Waals surface area contributed by atoms with Gasteiger partial charge < -0.3 is 42.2 Å². The average Bonchev–Trinajstić information content (AvgIpc) is 3.27. The molecule has 6 rings (SSSR count). The van der Waals surface area contributed by atoms with Gasteiger partial charge in [0.05, 0.1) is 12.5 Å². The number of aromatic nitrogens is 1. The quantitative estimate of drug-likeness (QED) is 0.0485. The normalized spacial score (nSPS) is 11.8. The number of hydrogen-bond acceptors (Lipinski definition) is 8. The number of nitrogens with two attached hydrogens (primary N) is 1. The Hall–Kier alpha value is -7.02. The highest BCUT2D eigenvalue weighted by Crippen LogP contribution is 2.21. The molecular formula is C48H51N7O5. The van der Waals surface area contributed by atoms with Gasteiger partial charge in [0, 0.05) is 56.1 Å². The van der Waals surface area contributed by atoms with Gasteiger partial charge in [-0.2, -0.15) is 0 Å². The van der Waals surface area contributed by atoms with Gasteiger partial charge in [0.25, 0.3) is 5.91 Å². The molecule has 4 amide bonds. The van der Waals surface area contributed by atoms with Crippen LogP contribution in [0.1, 0.15) is 62.3 Å². The lowest BCUT2D eigenvalue weighted by atomic mass is 10.0. The van der Waals surface area contributed by atoms with Crippen LogP contribution >= 0.6 is 0 Å². The van der Waals surface area contributed by atoms with Crippen molar-refractivity contribution in [3.8, 4) is 11.5 Å². The van der Waals surface area contributed by atoms with Crippen LogP contribution in [0.5, 0.6) is 11.5 Å². The first kappa shape index (κ1) is 42.6. The molecular weight excluding hydrogens is 755 g/mol. The van der Waals surface area contributed by atoms with Crippen molar-refractivity contribution in [1.29, 1.82) is 0 Å². The van der Waals surface area contributed by atoms with Crippen LogP contribution < -0.4 is 37.1 Å². The molecule has 12 heteroatoms. The average molecular weight is 806 g/mol. The van der Waals surface area contributed by atoms with Crippen molar-refractivity contribution < 1.29 is 24.2 Å². The Bertz CT molecular complexity index is 2290. The van der Waals surface area contributed by atoms with Crippen LogP contribution in [0.25, 0.3) is 0 Å². The number of benzene rings is 5. The minimum atomic E-state index is -0.693. The summed E-state index contributed by atoms with van der Waals surface area (Å²) in [5, 5.41) is 25.5. The number of rotatable bonds is 19. The van der Waals surface area contributed by atoms with Crippen molar-refractivity contribution in [1.82, 2.24) is 31.6 Å². The highest BCUT2D eigenvalue weighted by Gasteiger charge is 2.12. The summed E-state index contributed by atoms with van der Waals surface area (Å²) in [6.45, 7) is 3.87. The van der Waals surface area contributed by atoms with Gasteiger partial charge in [-0.05, 0) is 89.2 Å². The van der Waals surface area contributed by atoms with Gasteiger partial charge in [-0.1, -0.05) is 97.1 Å². The van der Waals surface area contributed by atoms with Crippen LogP contribution in [0.2, 0.25) is 0 Å². The van der Waals surface area contributed by atoms with Gasteiger partial charge in [-0.25, -0.2) is 9.78 Å². The lowest BCUT2D eigenvalue weighted by Crippen LogP contribution is -2.34. The van der Waals surface area contributed by atoms with Gasteiger partial charge in [0.2, 0.25) is 5.91 Å². The summed E-state index contributed by atoms with van der Waals surface area (Å²) in [7, 11) is 0. The molecule has 1 heterocycles. The SMILES string of the molecule is C[C@H](Cc1cccc(CC(=O)NCc2ccc(C(=O)NCc3ccc(CNC(=O)NCc4ccc(Oc5ccccc5)cc4)cc3)cc2)c1)NC[C@@H](O)c1ccc(N)nc1. The number of nitrogen functional groups attached to an aromatic ring is 1. The molecule has 12 nitrogen and oxygen atoms in total. The first-order valence-electron chi connectivity index (χ1n) is 19.9. The Morgan fingerprint density at radius 1 is 0.633 bits per heavy atom. The van der Waals surface area contributed by atoms with E-state index in [4.69, 9.17) is 10.5 Å². The molecule has 308 valence electrons. The number of hydrogen-bond donors (Lipinski definition) is 7. The topological polar surface area (TPSA) is 180 Å². The number of aliphatic hydroxyl groups excluding tert-OH is 1. The number of carbonyl (C=O) groups is 3. The van der Waals surface area contributed by atoms with Gasteiger partial charge in [-0.15, -0.1) is 0 Å². The van der Waals surface area contributed by atoms with Gasteiger partial charge in [-0.3, -0.25) is 9.59 Å². The Labute approximate surface area is 350 Å². The molecule has 60 heavy (non-hydrogen) atoms. The van der Waals surface area contributed by atoms with Crippen molar-refractivity contribution in [3.63, 3.8) is 0 Å². The second-order valence-corrected chi connectivity index (χ2v) is 14.6. The molecule has 0 aliphatic heterocycles. The summed E-state index contributed by atoms with van der Waals surface area (Å²) in [4.78, 5) is 42.1. The van der Waals surface area contributed by atoms with Crippen molar-refractivity contribution in [2.24, 2.45) is 0 Å². The largest absolute Gasteiger partial charge is 0.457 e. The van der Waals surface area contributed by atoms with E-state index in [1.165, 1.54) is 0 Å². The van der Waals surface area contributed by atoms with Crippen molar-refractivity contribution >= 4 is 23.7 Å². The van der Waals surface area contributed by atoms with E-state index in [-0.39, 0.29) is 30.3 Å². The number of aliphatic hydroxyl groups is 1. The van der Waals surface area contributed by atoms with Crippen LogP contribution in [0.3, 0.4) is 0 Å². The Balaban J connectivity index is 0.850. The van der Waals surface area contributed by atoms with Crippen molar-refractivity contribution in [3.05, 3.63) is 190 Å². The smallest absolute Gasteiger partial charge is 0.315 e. The first-order chi connectivity index (χ1) is 29.1. The summed E-state index contributed by atoms with van der Waals surface area (Å²) >= 11 is 0. The molecule has 2 atom stereocenters. The van der Waals surface area contributed by atoms with E-state index in [1.807, 2.05) is 115 Å². The number of anilines is 1. The predicted molar refractivity (Wildman–Crippen MR) is 233 cm³/mol. The predicted octanol–water partition coefficient (Wildman–Crippen LogP) is 6.50. The van der Waals surface area contributed by atoms with Gasteiger partial charge >= 0.3 is 6.03 Å². The maximum Gasteiger partial charge on any atom is 0.315 e. The molecule has 0 saturated heterocycles. The Morgan fingerprint density at radius 3 is 1.83 bits per heavy atom. The summed E-state index contributed by atoms with van der Waals surface area (Å²) in [6, 6.07) is 43.2. The van der Waals surface area contributed by atoms with Crippen molar-refractivity contribution in [2.75, 3.05) is 12.3 Å². The van der Waals surface area contributed by atoms with Crippen LogP contribution in [-0.2, 0) is 43.8 Å². The third-order valence-electron chi connectivity index (χ3n) is 9.74. The fraction of sp³-hybridized carbons (Fsp3) is 0.208. The summed E-state index contributed by atoms with van der Waals surface area (Å²) in [5.74, 6) is 1.60. The summed E-state index contributed by atoms with van der Waals surface area (Å²) in [5.41, 5.74) is 12.6. The fourth-order valence-corrected chi connectivity index (χ4v) is 6.35. The second kappa shape index (κ2) is 21.7. The van der Waals surface area contributed by atoms with E-state index in [2.05, 4.69) is 38.5 Å². The molecule has 6 aromatic rings. The lowest BCUT2D eigenvalue weighted by molar-refractivity contribution is -0.120. The van der Waals surface area contributed by atoms with Crippen LogP contribution in [0, 0.1) is 0 Å². The highest BCUT2D eigenvalue weighted by atomic mass is 16.5. The number of pyridine rings is 1. The molecule has 0 aliphatic rings. The van der Waals surface area contributed by atoms with Crippen LogP contribution in [0.15, 0.2) is 146 Å². The molecule has 0 fully saturated rings. The maximum atomic E-state index is 12.9. The summed E-state index contributed by atoms with van der Waals surface area (Å²) in [6.07, 6.45) is 1.87. The van der Waals surface area contributed by atoms with Gasteiger partial charge in [0.1, 0.15) is 17.3 Å². The minimum absolute atomic E-state index is 0.0989. The molecule has 8 N–H and O–H groups in total. The molecule has 5 aromatic carbocycles. The first-order valence-corrected chi connectivity index (χ1v) is 19.9. The van der Waals surface area contributed by atoms with E-state index in [9.17, 15) is 19.5 Å². The molecule has 1 aromatic heterocycles. The zero-order valence-corrected chi connectivity index (χ0v) is 33.6. The zero-order chi connectivity index (χ0) is 42.1. The number of carbonyl (C=O) groups excluding carboxylic acids is 3. The Morgan fingerprint density at radius 2 is 1.20 bits per heavy atom. The molecule has 0 radical (unpaired) electrons. The molecule has 0 aliphatic carbocycles. The van der Waals surface area contributed by atoms with Gasteiger partial charge in [0.15, 0.2) is 0 Å². The zero-order valence-electron chi connectivity index (χ0n) is 33.6. The van der Waals surface area contributed by atoms with Crippen LogP contribution in [0.4, 0.5) is 10.6 Å². The third-order valence-corrected chi connectivity index (χ3v) is 9.74. The number of urea groups is 1. The minimum Gasteiger partial charge on any atom is -0.457 e. The second-order valence-electron chi connectivity index (χ2n) is 14.6. The van der Waals surface area contributed by atoms with Crippen LogP contribution in [-0.4, -0.2) is 40.5 Å². The number of para-hydroxylation sites is 1. The van der Waals surface area contributed by atoms with E-state index < -0.39 is 6.10 Å². The number of nitrogens with zero attached hydrogens (tertiary/aromatic N) is 1. The number of ether oxygens (including phenoxy) is 1. The standard InChI is InChI=1S/C48H51N7O5/c1-33(50-32-44(56)41-20-23-45(49)51-31-41)24-38-6-5-7-39(25-38)26-46(57)52-27-36-14-18-40(19-15-36)47(58)53-28-34-10-12-35(13-11-34)29-54-48(59)55-30-37-16-21-43(22-17-37)60-42-8-3-2-4-9-42/h2-23,25,31,33,44,50,56H,24,26-30,32H2,1H3,(H2,49,51)(H,52,57)(H,53,58)(H2,54,55,59)/t33-,44-/m1/s1. The number of nitrogens with one attached hydrogen (secondary N) is 5. The third kappa shape index (κ3) is 13.8. The summed E-state index contributed by atoms with van der Waals surface area (Å²) < 4.78 is 5.82. The molecule has 0 unspecified atom stereocenters. The van der Waals surface area contributed by atoms with E-state index >= 15 is 0 Å². The molecule has 0 saturated carbocycles. The molecule has 0 bridgehead atoms. The highest BCUT2D eigenvalue weighted by molar-refractivity contribution is 5.94. The Kier molecular flexibility index (Phi) is 15.4. The number of amides is 4. The van der Waals surface area contributed by atoms with E-state index in [0.717, 1.165) is 51.3 Å². The van der Waals surface area contributed by atoms with E-state index in [1.54, 1.807) is 30.5 Å². The fourth-order valence-electron chi connectivity index (χ4n) is 6.35. The monoisotopic (exact) mass is 805 g/mol. The molecule has 0 spiro atoms. The lowest BCUT2D eigenvalue weighted by Gasteiger charge is -2.18. The van der Waals surface area contributed by atoms with Crippen molar-refractivity contribution in [2.45, 2.75) is 58.1 Å². The maximum absolute atomic E-state index is 12.9.